The molecule has 0 amide bonds. The van der Waals surface area contributed by atoms with Gasteiger partial charge >= 0.3 is 0 Å². The first-order valence-electron chi connectivity index (χ1n) is 6.79. The number of aliphatic hydroxyl groups excluding tert-OH is 1. The van der Waals surface area contributed by atoms with Crippen LogP contribution in [0.25, 0.3) is 0 Å². The summed E-state index contributed by atoms with van der Waals surface area (Å²) in [6.45, 7) is 2.80. The fraction of sp³-hybridized carbons (Fsp3) is 0.533. The molecule has 1 aliphatic rings. The summed E-state index contributed by atoms with van der Waals surface area (Å²) in [4.78, 5) is 2.33. The maximum absolute atomic E-state index is 10.1. The van der Waals surface area contributed by atoms with Crippen LogP contribution in [-0.2, 0) is 0 Å². The number of hydrogen-bond acceptors (Lipinski definition) is 4. The zero-order valence-corrected chi connectivity index (χ0v) is 11.3. The van der Waals surface area contributed by atoms with E-state index in [4.69, 9.17) is 5.26 Å². The van der Waals surface area contributed by atoms with Gasteiger partial charge in [0, 0.05) is 12.6 Å². The van der Waals surface area contributed by atoms with E-state index in [-0.39, 0.29) is 0 Å². The summed E-state index contributed by atoms with van der Waals surface area (Å²) in [5.41, 5.74) is 1.48. The van der Waals surface area contributed by atoms with Crippen molar-refractivity contribution in [3.8, 4) is 6.07 Å². The van der Waals surface area contributed by atoms with Crippen molar-refractivity contribution in [3.63, 3.8) is 0 Å². The molecule has 1 heterocycles. The molecular weight excluding hydrogens is 238 g/mol. The number of aliphatic hydroxyl groups is 1. The third-order valence-electron chi connectivity index (χ3n) is 3.74. The quantitative estimate of drug-likeness (QED) is 0.855. The van der Waals surface area contributed by atoms with Crippen LogP contribution in [0.1, 0.15) is 30.1 Å². The van der Waals surface area contributed by atoms with E-state index in [2.05, 4.69) is 23.3 Å². The van der Waals surface area contributed by atoms with Gasteiger partial charge in [0.05, 0.1) is 17.7 Å². The summed E-state index contributed by atoms with van der Waals surface area (Å²) < 4.78 is 0. The van der Waals surface area contributed by atoms with Crippen LogP contribution < -0.4 is 5.32 Å². The highest BCUT2D eigenvalue weighted by atomic mass is 16.3. The molecule has 1 atom stereocenters. The van der Waals surface area contributed by atoms with Crippen LogP contribution in [0.5, 0.6) is 0 Å². The van der Waals surface area contributed by atoms with Crippen molar-refractivity contribution in [1.29, 1.82) is 5.26 Å². The van der Waals surface area contributed by atoms with Crippen LogP contribution in [0.2, 0.25) is 0 Å². The van der Waals surface area contributed by atoms with Crippen molar-refractivity contribution >= 4 is 0 Å². The average molecular weight is 259 g/mol. The van der Waals surface area contributed by atoms with Gasteiger partial charge < -0.3 is 15.3 Å². The molecule has 1 aromatic rings. The molecule has 1 saturated heterocycles. The van der Waals surface area contributed by atoms with Crippen molar-refractivity contribution in [3.05, 3.63) is 35.4 Å². The summed E-state index contributed by atoms with van der Waals surface area (Å²) in [6, 6.07) is 9.71. The summed E-state index contributed by atoms with van der Waals surface area (Å²) in [7, 11) is 2.14. The molecule has 0 aliphatic carbocycles. The highest BCUT2D eigenvalue weighted by Crippen LogP contribution is 2.14. The standard InChI is InChI=1S/C15H21N3O/c1-18-8-6-14(7-9-18)17-11-15(19)13-4-2-12(10-16)3-5-13/h2-5,14-15,17,19H,6-9,11H2,1H3. The molecule has 19 heavy (non-hydrogen) atoms. The van der Waals surface area contributed by atoms with Gasteiger partial charge in [-0.1, -0.05) is 12.1 Å². The van der Waals surface area contributed by atoms with Crippen LogP contribution in [-0.4, -0.2) is 42.7 Å². The molecule has 1 aromatic carbocycles. The van der Waals surface area contributed by atoms with Crippen molar-refractivity contribution in [2.24, 2.45) is 0 Å². The molecule has 102 valence electrons. The summed E-state index contributed by atoms with van der Waals surface area (Å²) in [5.74, 6) is 0. The molecule has 0 bridgehead atoms. The molecule has 0 radical (unpaired) electrons. The summed E-state index contributed by atoms with van der Waals surface area (Å²) >= 11 is 0. The normalized spacial score (nSPS) is 19.0. The molecule has 1 unspecified atom stereocenters. The van der Waals surface area contributed by atoms with E-state index in [9.17, 15) is 5.11 Å². The molecule has 0 aromatic heterocycles. The maximum atomic E-state index is 10.1. The van der Waals surface area contributed by atoms with Gasteiger partial charge in [-0.15, -0.1) is 0 Å². The van der Waals surface area contributed by atoms with E-state index in [1.54, 1.807) is 12.1 Å². The van der Waals surface area contributed by atoms with Crippen molar-refractivity contribution in [1.82, 2.24) is 10.2 Å². The second-order valence-electron chi connectivity index (χ2n) is 5.24. The number of hydrogen-bond donors (Lipinski definition) is 2. The van der Waals surface area contributed by atoms with Crippen molar-refractivity contribution in [2.45, 2.75) is 25.0 Å². The van der Waals surface area contributed by atoms with E-state index >= 15 is 0 Å². The number of nitrogens with zero attached hydrogens (tertiary/aromatic N) is 2. The third-order valence-corrected chi connectivity index (χ3v) is 3.74. The molecule has 0 saturated carbocycles. The molecule has 1 fully saturated rings. The molecule has 2 N–H and O–H groups in total. The van der Waals surface area contributed by atoms with Crippen molar-refractivity contribution in [2.75, 3.05) is 26.7 Å². The van der Waals surface area contributed by atoms with E-state index in [1.165, 1.54) is 0 Å². The number of rotatable bonds is 4. The summed E-state index contributed by atoms with van der Waals surface area (Å²) in [6.07, 6.45) is 1.76. The Kier molecular flexibility index (Phi) is 4.92. The lowest BCUT2D eigenvalue weighted by molar-refractivity contribution is 0.158. The highest BCUT2D eigenvalue weighted by Gasteiger charge is 2.17. The minimum absolute atomic E-state index is 0.504. The Bertz CT molecular complexity index is 430. The Labute approximate surface area is 114 Å². The molecule has 0 spiro atoms. The smallest absolute Gasteiger partial charge is 0.0991 e. The Morgan fingerprint density at radius 3 is 2.58 bits per heavy atom. The number of piperidine rings is 1. The first-order valence-corrected chi connectivity index (χ1v) is 6.79. The fourth-order valence-corrected chi connectivity index (χ4v) is 2.39. The van der Waals surface area contributed by atoms with Crippen LogP contribution in [0, 0.1) is 11.3 Å². The lowest BCUT2D eigenvalue weighted by Gasteiger charge is -2.30. The zero-order valence-electron chi connectivity index (χ0n) is 11.3. The number of likely N-dealkylation sites (tertiary alicyclic amines) is 1. The van der Waals surface area contributed by atoms with Gasteiger partial charge in [-0.3, -0.25) is 0 Å². The van der Waals surface area contributed by atoms with Gasteiger partial charge in [-0.25, -0.2) is 0 Å². The third kappa shape index (κ3) is 4.03. The predicted octanol–water partition coefficient (Wildman–Crippen LogP) is 1.28. The van der Waals surface area contributed by atoms with E-state index in [0.717, 1.165) is 31.5 Å². The Hall–Kier alpha value is -1.41. The Balaban J connectivity index is 1.80. The van der Waals surface area contributed by atoms with Crippen LogP contribution >= 0.6 is 0 Å². The molecule has 4 heteroatoms. The Morgan fingerprint density at radius 1 is 1.37 bits per heavy atom. The lowest BCUT2D eigenvalue weighted by Crippen LogP contribution is -2.42. The molecule has 2 rings (SSSR count). The van der Waals surface area contributed by atoms with Crippen molar-refractivity contribution < 1.29 is 5.11 Å². The fourth-order valence-electron chi connectivity index (χ4n) is 2.39. The number of nitriles is 1. The number of benzene rings is 1. The first kappa shape index (κ1) is 14.0. The molecule has 4 nitrogen and oxygen atoms in total. The van der Waals surface area contributed by atoms with Gasteiger partial charge in [0.15, 0.2) is 0 Å². The van der Waals surface area contributed by atoms with E-state index in [1.807, 2.05) is 12.1 Å². The second-order valence-corrected chi connectivity index (χ2v) is 5.24. The SMILES string of the molecule is CN1CCC(NCC(O)c2ccc(C#N)cc2)CC1. The maximum Gasteiger partial charge on any atom is 0.0991 e. The first-order chi connectivity index (χ1) is 9.19. The van der Waals surface area contributed by atoms with Crippen LogP contribution in [0.4, 0.5) is 0 Å². The van der Waals surface area contributed by atoms with Gasteiger partial charge in [-0.2, -0.15) is 5.26 Å². The topological polar surface area (TPSA) is 59.3 Å². The zero-order chi connectivity index (χ0) is 13.7. The van der Waals surface area contributed by atoms with E-state index in [0.29, 0.717) is 18.2 Å². The monoisotopic (exact) mass is 259 g/mol. The predicted molar refractivity (Wildman–Crippen MR) is 74.6 cm³/mol. The van der Waals surface area contributed by atoms with Gasteiger partial charge in [0.2, 0.25) is 0 Å². The molecule has 1 aliphatic heterocycles. The summed E-state index contributed by atoms with van der Waals surface area (Å²) in [5, 5.41) is 22.3. The number of nitrogens with one attached hydrogen (secondary N) is 1. The van der Waals surface area contributed by atoms with E-state index < -0.39 is 6.10 Å². The minimum Gasteiger partial charge on any atom is -0.387 e. The minimum atomic E-state index is -0.507. The van der Waals surface area contributed by atoms with Crippen LogP contribution in [0.3, 0.4) is 0 Å². The average Bonchev–Trinajstić information content (AvgIpc) is 2.46. The van der Waals surface area contributed by atoms with Gasteiger partial charge in [0.1, 0.15) is 0 Å². The van der Waals surface area contributed by atoms with Gasteiger partial charge in [-0.05, 0) is 50.7 Å². The largest absolute Gasteiger partial charge is 0.387 e. The van der Waals surface area contributed by atoms with Gasteiger partial charge in [0.25, 0.3) is 0 Å². The van der Waals surface area contributed by atoms with Crippen LogP contribution in [0.15, 0.2) is 24.3 Å². The lowest BCUT2D eigenvalue weighted by atomic mass is 10.0. The molecular formula is C15H21N3O. The highest BCUT2D eigenvalue weighted by molar-refractivity contribution is 5.32. The second kappa shape index (κ2) is 6.67. The Morgan fingerprint density at radius 2 is 2.00 bits per heavy atom.